The first-order valence-corrected chi connectivity index (χ1v) is 6.83. The smallest absolute Gasteiger partial charge is 0.281 e. The summed E-state index contributed by atoms with van der Waals surface area (Å²) in [6, 6.07) is 6.00. The summed E-state index contributed by atoms with van der Waals surface area (Å²) >= 11 is 1.11. The summed E-state index contributed by atoms with van der Waals surface area (Å²) in [4.78, 5) is 10.7. The van der Waals surface area contributed by atoms with Gasteiger partial charge in [-0.1, -0.05) is 20.8 Å². The van der Waals surface area contributed by atoms with Crippen molar-refractivity contribution in [2.75, 3.05) is 0 Å². The van der Waals surface area contributed by atoms with Gasteiger partial charge in [0.25, 0.3) is 10.9 Å². The topological polar surface area (TPSA) is 106 Å². The molecule has 0 aliphatic rings. The standard InChI is InChI=1S/C13H12N4O3S/c1-13(2,3)11-15-16-12(20-11)21-10-5-4-9(17(18)19)6-8(10)7-14/h4-6H,1-3H3. The second-order valence-electron chi connectivity index (χ2n) is 5.27. The zero-order valence-corrected chi connectivity index (χ0v) is 12.5. The van der Waals surface area contributed by atoms with Crippen LogP contribution in [0.1, 0.15) is 32.2 Å². The number of nitriles is 1. The van der Waals surface area contributed by atoms with Crippen LogP contribution in [0.5, 0.6) is 0 Å². The molecule has 0 aliphatic carbocycles. The monoisotopic (exact) mass is 304 g/mol. The molecule has 0 saturated heterocycles. The molecule has 0 atom stereocenters. The van der Waals surface area contributed by atoms with E-state index in [9.17, 15) is 10.1 Å². The van der Waals surface area contributed by atoms with Gasteiger partial charge in [0.05, 0.1) is 10.5 Å². The SMILES string of the molecule is CC(C)(C)c1nnc(Sc2ccc([N+](=O)[O-])cc2C#N)o1. The van der Waals surface area contributed by atoms with Crippen LogP contribution in [0.4, 0.5) is 5.69 Å². The molecule has 0 spiro atoms. The number of aromatic nitrogens is 2. The van der Waals surface area contributed by atoms with Crippen molar-refractivity contribution in [3.05, 3.63) is 39.8 Å². The molecule has 0 unspecified atom stereocenters. The second kappa shape index (κ2) is 5.54. The van der Waals surface area contributed by atoms with Crippen molar-refractivity contribution in [2.45, 2.75) is 36.3 Å². The van der Waals surface area contributed by atoms with Crippen molar-refractivity contribution < 1.29 is 9.34 Å². The molecular weight excluding hydrogens is 292 g/mol. The molecule has 0 saturated carbocycles. The van der Waals surface area contributed by atoms with Crippen LogP contribution in [0.3, 0.4) is 0 Å². The molecule has 8 heteroatoms. The fourth-order valence-electron chi connectivity index (χ4n) is 1.46. The van der Waals surface area contributed by atoms with Crippen molar-refractivity contribution in [1.82, 2.24) is 10.2 Å². The van der Waals surface area contributed by atoms with Gasteiger partial charge in [0.1, 0.15) is 6.07 Å². The maximum absolute atomic E-state index is 10.7. The van der Waals surface area contributed by atoms with Crippen LogP contribution in [0.25, 0.3) is 0 Å². The lowest BCUT2D eigenvalue weighted by Gasteiger charge is -2.10. The van der Waals surface area contributed by atoms with Crippen molar-refractivity contribution in [2.24, 2.45) is 0 Å². The van der Waals surface area contributed by atoms with Gasteiger partial charge in [-0.2, -0.15) is 5.26 Å². The van der Waals surface area contributed by atoms with Crippen molar-refractivity contribution in [3.63, 3.8) is 0 Å². The number of hydrogen-bond donors (Lipinski definition) is 0. The summed E-state index contributed by atoms with van der Waals surface area (Å²) in [5.41, 5.74) is -0.194. The maximum Gasteiger partial charge on any atom is 0.281 e. The number of nitro groups is 1. The normalized spacial score (nSPS) is 11.1. The lowest BCUT2D eigenvalue weighted by atomic mass is 9.97. The van der Waals surface area contributed by atoms with Gasteiger partial charge in [-0.3, -0.25) is 10.1 Å². The molecular formula is C13H12N4O3S. The molecule has 1 aromatic carbocycles. The van der Waals surface area contributed by atoms with E-state index < -0.39 is 4.92 Å². The highest BCUT2D eigenvalue weighted by molar-refractivity contribution is 7.99. The van der Waals surface area contributed by atoms with Crippen molar-refractivity contribution in [3.8, 4) is 6.07 Å². The van der Waals surface area contributed by atoms with E-state index in [2.05, 4.69) is 10.2 Å². The lowest BCUT2D eigenvalue weighted by Crippen LogP contribution is -2.11. The van der Waals surface area contributed by atoms with Gasteiger partial charge in [0.15, 0.2) is 0 Å². The molecule has 0 amide bonds. The number of nitro benzene ring substituents is 1. The van der Waals surface area contributed by atoms with Gasteiger partial charge in [-0.15, -0.1) is 10.2 Å². The van der Waals surface area contributed by atoms with Crippen molar-refractivity contribution >= 4 is 17.4 Å². The zero-order valence-electron chi connectivity index (χ0n) is 11.7. The Hall–Kier alpha value is -2.40. The number of benzene rings is 1. The van der Waals surface area contributed by atoms with Gasteiger partial charge in [0.2, 0.25) is 5.89 Å². The molecule has 2 rings (SSSR count). The van der Waals surface area contributed by atoms with Crippen LogP contribution < -0.4 is 0 Å². The van der Waals surface area contributed by atoms with Crippen LogP contribution in [0, 0.1) is 21.4 Å². The van der Waals surface area contributed by atoms with E-state index in [1.807, 2.05) is 26.8 Å². The Bertz CT molecular complexity index is 728. The molecule has 0 aliphatic heterocycles. The molecule has 1 aromatic heterocycles. The first-order chi connectivity index (χ1) is 9.81. The van der Waals surface area contributed by atoms with Crippen LogP contribution in [0.2, 0.25) is 0 Å². The molecule has 0 N–H and O–H groups in total. The van der Waals surface area contributed by atoms with E-state index in [0.29, 0.717) is 16.0 Å². The quantitative estimate of drug-likeness (QED) is 0.632. The van der Waals surface area contributed by atoms with Crippen LogP contribution in [-0.2, 0) is 5.41 Å². The van der Waals surface area contributed by atoms with Crippen LogP contribution in [-0.4, -0.2) is 15.1 Å². The highest BCUT2D eigenvalue weighted by Crippen LogP contribution is 2.33. The Balaban J connectivity index is 2.30. The third-order valence-electron chi connectivity index (χ3n) is 2.54. The Morgan fingerprint density at radius 2 is 2.10 bits per heavy atom. The Morgan fingerprint density at radius 1 is 1.38 bits per heavy atom. The van der Waals surface area contributed by atoms with E-state index in [1.165, 1.54) is 18.2 Å². The van der Waals surface area contributed by atoms with E-state index in [0.717, 1.165) is 11.8 Å². The van der Waals surface area contributed by atoms with Gasteiger partial charge < -0.3 is 4.42 Å². The third-order valence-corrected chi connectivity index (χ3v) is 3.46. The number of rotatable bonds is 3. The molecule has 7 nitrogen and oxygen atoms in total. The molecule has 2 aromatic rings. The first kappa shape index (κ1) is 15.0. The van der Waals surface area contributed by atoms with Gasteiger partial charge >= 0.3 is 0 Å². The first-order valence-electron chi connectivity index (χ1n) is 6.01. The zero-order chi connectivity index (χ0) is 15.6. The Morgan fingerprint density at radius 3 is 2.62 bits per heavy atom. The molecule has 0 fully saturated rings. The fourth-order valence-corrected chi connectivity index (χ4v) is 2.20. The van der Waals surface area contributed by atoms with E-state index in [1.54, 1.807) is 0 Å². The average Bonchev–Trinajstić information content (AvgIpc) is 2.87. The average molecular weight is 304 g/mol. The minimum absolute atomic E-state index is 0.128. The van der Waals surface area contributed by atoms with E-state index in [4.69, 9.17) is 9.68 Å². The molecule has 0 bridgehead atoms. The minimum Gasteiger partial charge on any atom is -0.415 e. The van der Waals surface area contributed by atoms with E-state index >= 15 is 0 Å². The van der Waals surface area contributed by atoms with E-state index in [-0.39, 0.29) is 16.7 Å². The summed E-state index contributed by atoms with van der Waals surface area (Å²) in [7, 11) is 0. The number of hydrogen-bond acceptors (Lipinski definition) is 7. The predicted octanol–water partition coefficient (Wildman–Crippen LogP) is 3.30. The number of non-ortho nitro benzene ring substituents is 1. The third kappa shape index (κ3) is 3.38. The molecule has 21 heavy (non-hydrogen) atoms. The summed E-state index contributed by atoms with van der Waals surface area (Å²) in [5.74, 6) is 0.491. The molecule has 108 valence electrons. The maximum atomic E-state index is 10.7. The second-order valence-corrected chi connectivity index (χ2v) is 6.27. The Labute approximate surface area is 125 Å². The summed E-state index contributed by atoms with van der Waals surface area (Å²) < 4.78 is 5.53. The molecule has 1 heterocycles. The highest BCUT2D eigenvalue weighted by Gasteiger charge is 2.22. The van der Waals surface area contributed by atoms with Crippen molar-refractivity contribution in [1.29, 1.82) is 5.26 Å². The Kier molecular flexibility index (Phi) is 3.95. The summed E-state index contributed by atoms with van der Waals surface area (Å²) in [5, 5.41) is 28.0. The minimum atomic E-state index is -0.542. The largest absolute Gasteiger partial charge is 0.415 e. The molecule has 0 radical (unpaired) electrons. The highest BCUT2D eigenvalue weighted by atomic mass is 32.2. The van der Waals surface area contributed by atoms with Crippen LogP contribution >= 0.6 is 11.8 Å². The van der Waals surface area contributed by atoms with Gasteiger partial charge in [-0.25, -0.2) is 0 Å². The lowest BCUT2D eigenvalue weighted by molar-refractivity contribution is -0.384. The van der Waals surface area contributed by atoms with Gasteiger partial charge in [0, 0.05) is 22.4 Å². The number of nitrogens with zero attached hydrogens (tertiary/aromatic N) is 4. The van der Waals surface area contributed by atoms with Gasteiger partial charge in [-0.05, 0) is 17.8 Å². The summed E-state index contributed by atoms with van der Waals surface area (Å²) in [6.07, 6.45) is 0. The fraction of sp³-hybridized carbons (Fsp3) is 0.308. The summed E-state index contributed by atoms with van der Waals surface area (Å²) in [6.45, 7) is 5.84. The predicted molar refractivity (Wildman–Crippen MR) is 74.9 cm³/mol. The van der Waals surface area contributed by atoms with Crippen LogP contribution in [0.15, 0.2) is 32.7 Å².